The first-order chi connectivity index (χ1) is 15.2. The Bertz CT molecular complexity index is 669. The fourth-order valence-corrected chi connectivity index (χ4v) is 5.90. The van der Waals surface area contributed by atoms with Gasteiger partial charge in [-0.15, -0.1) is 0 Å². The van der Waals surface area contributed by atoms with Crippen molar-refractivity contribution >= 4 is 0 Å². The molecule has 1 unspecified atom stereocenters. The van der Waals surface area contributed by atoms with Crippen molar-refractivity contribution in [1.29, 1.82) is 0 Å². The molecule has 0 N–H and O–H groups in total. The molecule has 1 aromatic rings. The Morgan fingerprint density at radius 1 is 0.774 bits per heavy atom. The molecule has 31 heavy (non-hydrogen) atoms. The summed E-state index contributed by atoms with van der Waals surface area (Å²) in [5, 5.41) is 0. The zero-order chi connectivity index (χ0) is 21.9. The number of aryl methyl sites for hydroxylation is 1. The molecule has 0 saturated heterocycles. The lowest BCUT2D eigenvalue weighted by Gasteiger charge is -2.35. The van der Waals surface area contributed by atoms with Gasteiger partial charge in [0.15, 0.2) is 11.6 Å². The van der Waals surface area contributed by atoms with Gasteiger partial charge in [0.25, 0.3) is 0 Å². The largest absolute Gasteiger partial charge is 0.204 e. The van der Waals surface area contributed by atoms with Gasteiger partial charge in [0.1, 0.15) is 0 Å². The molecular weight excluding hydrogens is 386 g/mol. The highest BCUT2D eigenvalue weighted by atomic mass is 19.2. The summed E-state index contributed by atoms with van der Waals surface area (Å²) < 4.78 is 26.5. The monoisotopic (exact) mass is 430 g/mol. The van der Waals surface area contributed by atoms with Crippen molar-refractivity contribution in [1.82, 2.24) is 0 Å². The minimum absolute atomic E-state index is 0.724. The number of allylic oxidation sites excluding steroid dienone is 2. The molecule has 0 aliphatic heterocycles. The Morgan fingerprint density at radius 2 is 1.52 bits per heavy atom. The zero-order valence-electron chi connectivity index (χ0n) is 19.8. The van der Waals surface area contributed by atoms with E-state index in [0.29, 0.717) is 0 Å². The summed E-state index contributed by atoms with van der Waals surface area (Å²) in [5.74, 6) is 1.34. The van der Waals surface area contributed by atoms with Crippen LogP contribution in [0.3, 0.4) is 0 Å². The first-order valence-corrected chi connectivity index (χ1v) is 13.3. The third kappa shape index (κ3) is 8.35. The van der Waals surface area contributed by atoms with E-state index in [9.17, 15) is 8.78 Å². The first kappa shape index (κ1) is 24.5. The van der Waals surface area contributed by atoms with Crippen LogP contribution in [0.25, 0.3) is 0 Å². The Kier molecular flexibility index (Phi) is 10.6. The number of rotatable bonds is 12. The Morgan fingerprint density at radius 3 is 2.19 bits per heavy atom. The summed E-state index contributed by atoms with van der Waals surface area (Å²) in [5.41, 5.74) is 2.43. The predicted octanol–water partition coefficient (Wildman–Crippen LogP) is 9.57. The Labute approximate surface area is 189 Å². The third-order valence-electron chi connectivity index (χ3n) is 8.04. The van der Waals surface area contributed by atoms with Gasteiger partial charge in [-0.05, 0) is 80.4 Å². The van der Waals surface area contributed by atoms with Gasteiger partial charge >= 0.3 is 0 Å². The molecule has 174 valence electrons. The van der Waals surface area contributed by atoms with Crippen LogP contribution in [-0.2, 0) is 6.42 Å². The molecule has 0 spiro atoms. The molecule has 1 saturated carbocycles. The maximum Gasteiger partial charge on any atom is 0.159 e. The molecule has 0 nitrogen and oxygen atoms in total. The molecule has 3 rings (SSSR count). The normalized spacial score (nSPS) is 24.2. The van der Waals surface area contributed by atoms with Crippen LogP contribution in [0.4, 0.5) is 8.78 Å². The van der Waals surface area contributed by atoms with Gasteiger partial charge in [-0.2, -0.15) is 0 Å². The van der Waals surface area contributed by atoms with Gasteiger partial charge < -0.3 is 0 Å². The number of halogens is 2. The van der Waals surface area contributed by atoms with Crippen LogP contribution in [0, 0.1) is 29.4 Å². The zero-order valence-corrected chi connectivity index (χ0v) is 19.8. The fraction of sp³-hybridized carbons (Fsp3) is 0.724. The number of hydrogen-bond donors (Lipinski definition) is 0. The van der Waals surface area contributed by atoms with Crippen LogP contribution >= 0.6 is 0 Å². The summed E-state index contributed by atoms with van der Waals surface area (Å²) >= 11 is 0. The number of benzene rings is 1. The lowest BCUT2D eigenvalue weighted by atomic mass is 9.70. The topological polar surface area (TPSA) is 0 Å². The summed E-state index contributed by atoms with van der Waals surface area (Å²) in [6.45, 7) is 2.29. The Hall–Kier alpha value is -1.18. The van der Waals surface area contributed by atoms with Gasteiger partial charge in [-0.1, -0.05) is 88.8 Å². The van der Waals surface area contributed by atoms with Gasteiger partial charge in [-0.3, -0.25) is 0 Å². The SMILES string of the molecule is CCCCCCCCCC1CCC(C2CC=C(CCc3ccc(F)c(F)c3)CC2)CC1. The lowest BCUT2D eigenvalue weighted by Crippen LogP contribution is -2.23. The van der Waals surface area contributed by atoms with Crippen molar-refractivity contribution in [3.05, 3.63) is 47.0 Å². The number of unbranched alkanes of at least 4 members (excludes halogenated alkanes) is 6. The van der Waals surface area contributed by atoms with E-state index in [0.717, 1.165) is 36.2 Å². The van der Waals surface area contributed by atoms with E-state index in [-0.39, 0.29) is 0 Å². The second-order valence-corrected chi connectivity index (χ2v) is 10.3. The molecule has 1 aromatic carbocycles. The molecule has 1 atom stereocenters. The average Bonchev–Trinajstić information content (AvgIpc) is 2.80. The molecule has 0 heterocycles. The molecule has 1 fully saturated rings. The van der Waals surface area contributed by atoms with Gasteiger partial charge in [0.2, 0.25) is 0 Å². The van der Waals surface area contributed by atoms with E-state index in [2.05, 4.69) is 13.0 Å². The third-order valence-corrected chi connectivity index (χ3v) is 8.04. The van der Waals surface area contributed by atoms with E-state index in [1.165, 1.54) is 114 Å². The molecule has 0 amide bonds. The quantitative estimate of drug-likeness (QED) is 0.229. The molecule has 0 aromatic heterocycles. The molecule has 2 aliphatic rings. The number of hydrogen-bond acceptors (Lipinski definition) is 0. The summed E-state index contributed by atoms with van der Waals surface area (Å²) in [7, 11) is 0. The lowest BCUT2D eigenvalue weighted by molar-refractivity contribution is 0.185. The maximum absolute atomic E-state index is 13.4. The van der Waals surface area contributed by atoms with Crippen molar-refractivity contribution in [3.63, 3.8) is 0 Å². The standard InChI is InChI=1S/C29H44F2/c1-2-3-4-5-6-7-8-9-23-12-17-26(18-13-23)27-19-14-24(15-20-27)10-11-25-16-21-28(30)29(31)22-25/h14,16,21-23,26-27H,2-13,15,17-20H2,1H3. The highest BCUT2D eigenvalue weighted by molar-refractivity contribution is 5.20. The first-order valence-electron chi connectivity index (χ1n) is 13.3. The smallest absolute Gasteiger partial charge is 0.159 e. The molecule has 0 bridgehead atoms. The average molecular weight is 431 g/mol. The van der Waals surface area contributed by atoms with Crippen molar-refractivity contribution in [2.45, 2.75) is 116 Å². The van der Waals surface area contributed by atoms with E-state index < -0.39 is 11.6 Å². The second-order valence-electron chi connectivity index (χ2n) is 10.3. The van der Waals surface area contributed by atoms with E-state index in [4.69, 9.17) is 0 Å². The van der Waals surface area contributed by atoms with E-state index in [1.54, 1.807) is 6.07 Å². The fourth-order valence-electron chi connectivity index (χ4n) is 5.90. The minimum Gasteiger partial charge on any atom is -0.204 e. The van der Waals surface area contributed by atoms with Crippen LogP contribution in [0.5, 0.6) is 0 Å². The van der Waals surface area contributed by atoms with Crippen LogP contribution in [0.2, 0.25) is 0 Å². The molecular formula is C29H44F2. The van der Waals surface area contributed by atoms with Crippen molar-refractivity contribution in [2.75, 3.05) is 0 Å². The van der Waals surface area contributed by atoms with Crippen LogP contribution in [0.15, 0.2) is 29.8 Å². The van der Waals surface area contributed by atoms with Crippen LogP contribution < -0.4 is 0 Å². The minimum atomic E-state index is -0.749. The van der Waals surface area contributed by atoms with Crippen LogP contribution in [-0.4, -0.2) is 0 Å². The highest BCUT2D eigenvalue weighted by Crippen LogP contribution is 2.41. The summed E-state index contributed by atoms with van der Waals surface area (Å²) in [6, 6.07) is 4.32. The van der Waals surface area contributed by atoms with Crippen molar-refractivity contribution in [3.8, 4) is 0 Å². The highest BCUT2D eigenvalue weighted by Gasteiger charge is 2.28. The molecule has 2 heteroatoms. The van der Waals surface area contributed by atoms with Crippen molar-refractivity contribution in [2.24, 2.45) is 17.8 Å². The van der Waals surface area contributed by atoms with E-state index in [1.807, 2.05) is 0 Å². The van der Waals surface area contributed by atoms with Gasteiger partial charge in [0, 0.05) is 0 Å². The Balaban J connectivity index is 1.29. The summed E-state index contributed by atoms with van der Waals surface area (Å²) in [4.78, 5) is 0. The molecule has 2 aliphatic carbocycles. The van der Waals surface area contributed by atoms with Crippen LogP contribution in [0.1, 0.15) is 115 Å². The summed E-state index contributed by atoms with van der Waals surface area (Å²) in [6.07, 6.45) is 25.3. The van der Waals surface area contributed by atoms with Gasteiger partial charge in [-0.25, -0.2) is 8.78 Å². The van der Waals surface area contributed by atoms with Gasteiger partial charge in [0.05, 0.1) is 0 Å². The maximum atomic E-state index is 13.4. The second kappa shape index (κ2) is 13.4. The predicted molar refractivity (Wildman–Crippen MR) is 128 cm³/mol. The van der Waals surface area contributed by atoms with E-state index >= 15 is 0 Å². The van der Waals surface area contributed by atoms with Crippen molar-refractivity contribution < 1.29 is 8.78 Å². The molecule has 0 radical (unpaired) electrons.